The van der Waals surface area contributed by atoms with Crippen LogP contribution in [0.25, 0.3) is 0 Å². The number of methoxy groups -OCH3 is 1. The number of carbonyl (C=O) groups is 2. The van der Waals surface area contributed by atoms with Crippen molar-refractivity contribution < 1.29 is 37.0 Å². The first-order valence-electron chi connectivity index (χ1n) is 16.3. The van der Waals surface area contributed by atoms with Crippen LogP contribution in [0.4, 0.5) is 13.2 Å². The molecule has 0 radical (unpaired) electrons. The number of likely N-dealkylation sites (tertiary alicyclic amines) is 1. The molecule has 5 atom stereocenters. The summed E-state index contributed by atoms with van der Waals surface area (Å²) in [6.45, 7) is 3.14. The summed E-state index contributed by atoms with van der Waals surface area (Å²) in [4.78, 5) is 30.0. The number of piperidine rings is 1. The maximum absolute atomic E-state index is 13.5. The summed E-state index contributed by atoms with van der Waals surface area (Å²) in [7, 11) is 3.29. The first kappa shape index (κ1) is 32.1. The predicted molar refractivity (Wildman–Crippen MR) is 172 cm³/mol. The molecule has 3 aromatic rings. The van der Waals surface area contributed by atoms with Crippen LogP contribution >= 0.6 is 0 Å². The van der Waals surface area contributed by atoms with Gasteiger partial charge in [0.25, 0.3) is 5.91 Å². The number of benzene rings is 3. The fourth-order valence-electron chi connectivity index (χ4n) is 8.73. The maximum atomic E-state index is 13.5. The second kappa shape index (κ2) is 12.2. The zero-order valence-electron chi connectivity index (χ0n) is 27.1. The summed E-state index contributed by atoms with van der Waals surface area (Å²) in [6, 6.07) is 16.5. The lowest BCUT2D eigenvalue weighted by molar-refractivity contribution is -0.137. The number of rotatable bonds is 6. The Bertz CT molecular complexity index is 1800. The average Bonchev–Trinajstić information content (AvgIpc) is 3.41. The number of nitrogens with zero attached hydrogens (tertiary/aromatic N) is 2. The highest BCUT2D eigenvalue weighted by molar-refractivity contribution is 5.94. The lowest BCUT2D eigenvalue weighted by atomic mass is 9.50. The zero-order chi connectivity index (χ0) is 33.8. The van der Waals surface area contributed by atoms with Gasteiger partial charge in [-0.1, -0.05) is 36.3 Å². The van der Waals surface area contributed by atoms with Crippen LogP contribution in [-0.2, 0) is 34.0 Å². The van der Waals surface area contributed by atoms with E-state index in [0.717, 1.165) is 55.6 Å². The molecule has 1 saturated carbocycles. The van der Waals surface area contributed by atoms with Crippen LogP contribution < -0.4 is 14.2 Å². The van der Waals surface area contributed by atoms with Gasteiger partial charge in [0.05, 0.1) is 18.7 Å². The number of alkyl halides is 3. The van der Waals surface area contributed by atoms with Crippen molar-refractivity contribution in [2.75, 3.05) is 27.2 Å². The average molecular weight is 659 g/mol. The van der Waals surface area contributed by atoms with Crippen LogP contribution in [0, 0.1) is 17.8 Å². The number of hydrogen-bond acceptors (Lipinski definition) is 6. The van der Waals surface area contributed by atoms with Crippen molar-refractivity contribution in [1.82, 2.24) is 9.80 Å². The van der Waals surface area contributed by atoms with Crippen molar-refractivity contribution >= 4 is 11.9 Å². The number of hydrogen-bond donors (Lipinski definition) is 0. The molecule has 1 saturated heterocycles. The predicted octanol–water partition coefficient (Wildman–Crippen LogP) is 5.80. The van der Waals surface area contributed by atoms with Gasteiger partial charge in [0.15, 0.2) is 11.5 Å². The number of likely N-dealkylation sites (N-methyl/N-ethyl adjacent to an activating group) is 1. The fraction of sp³-hybridized carbons (Fsp3) is 0.421. The Hall–Kier alpha value is -4.49. The van der Waals surface area contributed by atoms with Crippen LogP contribution in [0.2, 0.25) is 0 Å². The van der Waals surface area contributed by atoms with Crippen molar-refractivity contribution in [3.05, 3.63) is 88.5 Å². The van der Waals surface area contributed by atoms with E-state index in [1.54, 1.807) is 25.1 Å². The van der Waals surface area contributed by atoms with E-state index in [0.29, 0.717) is 35.7 Å². The molecule has 1 spiro atoms. The number of halogens is 3. The van der Waals surface area contributed by atoms with E-state index in [4.69, 9.17) is 14.2 Å². The standard InChI is InChI=1S/C38H37F3N2O5/c1-23(44)47-31-22-32(46-3)35-34-27(31)21-30-28-14-15-29(42(2)33(45)16-11-25-9-12-26(13-10-25)38(39,40)41)36(48-35)37(28,34)18-20-43(30)19-17-24-7-5-4-6-8-24/h4-10,12-13,22,28-30,36H,14-15,17-21H2,1-3H3/t28-,29-,30+,36-,37-/m0/s1. The van der Waals surface area contributed by atoms with E-state index in [-0.39, 0.29) is 24.1 Å². The highest BCUT2D eigenvalue weighted by atomic mass is 19.4. The Balaban J connectivity index is 1.22. The molecule has 2 fully saturated rings. The van der Waals surface area contributed by atoms with Gasteiger partial charge in [0.1, 0.15) is 11.9 Å². The van der Waals surface area contributed by atoms with Gasteiger partial charge in [-0.05, 0) is 74.4 Å². The molecule has 0 unspecified atom stereocenters. The molecule has 10 heteroatoms. The largest absolute Gasteiger partial charge is 0.493 e. The monoisotopic (exact) mass is 658 g/mol. The lowest BCUT2D eigenvalue weighted by Gasteiger charge is -2.60. The van der Waals surface area contributed by atoms with Crippen LogP contribution in [0.1, 0.15) is 54.0 Å². The Morgan fingerprint density at radius 3 is 2.52 bits per heavy atom. The molecule has 2 aliphatic heterocycles. The number of esters is 1. The molecule has 2 bridgehead atoms. The highest BCUT2D eigenvalue weighted by Crippen LogP contribution is 2.65. The number of amides is 1. The third-order valence-corrected chi connectivity index (χ3v) is 10.8. The maximum Gasteiger partial charge on any atom is 0.416 e. The minimum atomic E-state index is -4.45. The number of ether oxygens (including phenoxy) is 3. The molecular weight excluding hydrogens is 621 g/mol. The van der Waals surface area contributed by atoms with Crippen molar-refractivity contribution in [3.8, 4) is 29.1 Å². The molecule has 2 heterocycles. The summed E-state index contributed by atoms with van der Waals surface area (Å²) >= 11 is 0. The van der Waals surface area contributed by atoms with Crippen molar-refractivity contribution in [2.24, 2.45) is 5.92 Å². The van der Waals surface area contributed by atoms with Crippen molar-refractivity contribution in [1.29, 1.82) is 0 Å². The van der Waals surface area contributed by atoms with Crippen LogP contribution in [0.5, 0.6) is 17.2 Å². The Morgan fingerprint density at radius 1 is 1.08 bits per heavy atom. The second-order valence-electron chi connectivity index (χ2n) is 13.2. The second-order valence-corrected chi connectivity index (χ2v) is 13.2. The molecule has 250 valence electrons. The summed E-state index contributed by atoms with van der Waals surface area (Å²) in [5, 5.41) is 0. The zero-order valence-corrected chi connectivity index (χ0v) is 27.1. The van der Waals surface area contributed by atoms with Gasteiger partial charge < -0.3 is 19.1 Å². The summed E-state index contributed by atoms with van der Waals surface area (Å²) in [5.41, 5.74) is 2.40. The van der Waals surface area contributed by atoms with E-state index < -0.39 is 29.0 Å². The molecule has 4 aliphatic rings. The normalized spacial score (nSPS) is 25.2. The van der Waals surface area contributed by atoms with Gasteiger partial charge >= 0.3 is 12.1 Å². The summed E-state index contributed by atoms with van der Waals surface area (Å²) in [6.07, 6.45) is -0.831. The quantitative estimate of drug-likeness (QED) is 0.190. The smallest absolute Gasteiger partial charge is 0.416 e. The van der Waals surface area contributed by atoms with Gasteiger partial charge in [-0.2, -0.15) is 13.2 Å². The van der Waals surface area contributed by atoms with Gasteiger partial charge in [-0.15, -0.1) is 0 Å². The molecule has 2 aliphatic carbocycles. The highest BCUT2D eigenvalue weighted by Gasteiger charge is 2.67. The first-order chi connectivity index (χ1) is 23.0. The molecule has 3 aromatic carbocycles. The Kier molecular flexibility index (Phi) is 8.15. The SMILES string of the molecule is COc1cc(OC(C)=O)c2c3c1O[C@H]1[C@@H](N(C)C(=O)C#Cc4ccc(C(F)(F)F)cc4)CC[C@H]4[C@@H](C2)N(CCc2ccccc2)CC[C@@]341. The molecular formula is C38H37F3N2O5. The van der Waals surface area contributed by atoms with Crippen LogP contribution in [0.3, 0.4) is 0 Å². The van der Waals surface area contributed by atoms with Crippen LogP contribution in [0.15, 0.2) is 60.7 Å². The molecule has 7 rings (SSSR count). The minimum Gasteiger partial charge on any atom is -0.493 e. The van der Waals surface area contributed by atoms with Gasteiger partial charge in [-0.25, -0.2) is 0 Å². The molecule has 0 N–H and O–H groups in total. The summed E-state index contributed by atoms with van der Waals surface area (Å²) in [5.74, 6) is 6.43. The minimum absolute atomic E-state index is 0.191. The van der Waals surface area contributed by atoms with E-state index in [9.17, 15) is 22.8 Å². The van der Waals surface area contributed by atoms with Crippen molar-refractivity contribution in [2.45, 2.75) is 68.8 Å². The molecule has 0 aromatic heterocycles. The van der Waals surface area contributed by atoms with Gasteiger partial charge in [0.2, 0.25) is 0 Å². The molecule has 7 nitrogen and oxygen atoms in total. The van der Waals surface area contributed by atoms with E-state index in [1.165, 1.54) is 24.6 Å². The number of carbonyl (C=O) groups excluding carboxylic acids is 2. The van der Waals surface area contributed by atoms with Gasteiger partial charge in [0, 0.05) is 60.7 Å². The van der Waals surface area contributed by atoms with E-state index >= 15 is 0 Å². The van der Waals surface area contributed by atoms with E-state index in [1.807, 2.05) is 6.07 Å². The van der Waals surface area contributed by atoms with Gasteiger partial charge in [-0.3, -0.25) is 14.5 Å². The van der Waals surface area contributed by atoms with Crippen LogP contribution in [-0.4, -0.2) is 67.1 Å². The van der Waals surface area contributed by atoms with Crippen molar-refractivity contribution in [3.63, 3.8) is 0 Å². The first-order valence-corrected chi connectivity index (χ1v) is 16.3. The Labute approximate surface area is 278 Å². The summed E-state index contributed by atoms with van der Waals surface area (Å²) < 4.78 is 57.5. The molecule has 48 heavy (non-hydrogen) atoms. The fourth-order valence-corrected chi connectivity index (χ4v) is 8.73. The third-order valence-electron chi connectivity index (χ3n) is 10.8. The third kappa shape index (κ3) is 5.38. The molecule has 1 amide bonds. The Morgan fingerprint density at radius 2 is 1.83 bits per heavy atom. The van der Waals surface area contributed by atoms with E-state index in [2.05, 4.69) is 41.0 Å². The topological polar surface area (TPSA) is 68.3 Å². The lowest BCUT2D eigenvalue weighted by Crippen LogP contribution is -2.69.